The van der Waals surface area contributed by atoms with Crippen LogP contribution in [0.4, 0.5) is 0 Å². The highest BCUT2D eigenvalue weighted by Crippen LogP contribution is 2.00. The van der Waals surface area contributed by atoms with Crippen LogP contribution in [0.5, 0.6) is 0 Å². The van der Waals surface area contributed by atoms with E-state index >= 15 is 0 Å². The van der Waals surface area contributed by atoms with Gasteiger partial charge in [-0.1, -0.05) is 0 Å². The van der Waals surface area contributed by atoms with Crippen molar-refractivity contribution in [3.8, 4) is 0 Å². The van der Waals surface area contributed by atoms with E-state index in [1.807, 2.05) is 0 Å². The first kappa shape index (κ1) is 6.95. The number of rotatable bonds is 3. The molecule has 54 valence electrons. The van der Waals surface area contributed by atoms with Gasteiger partial charge in [-0.05, 0) is 19.4 Å². The molecule has 0 amide bonds. The van der Waals surface area contributed by atoms with E-state index < -0.39 is 0 Å². The topological polar surface area (TPSA) is 42.5 Å². The van der Waals surface area contributed by atoms with Gasteiger partial charge < -0.3 is 5.32 Å². The molecule has 9 heavy (non-hydrogen) atoms. The van der Waals surface area contributed by atoms with Gasteiger partial charge in [0.1, 0.15) is 0 Å². The van der Waals surface area contributed by atoms with Crippen molar-refractivity contribution in [3.05, 3.63) is 0 Å². The van der Waals surface area contributed by atoms with Gasteiger partial charge in [0.25, 0.3) is 0 Å². The summed E-state index contributed by atoms with van der Waals surface area (Å²) in [5.41, 5.74) is 2.70. The van der Waals surface area contributed by atoms with Crippen molar-refractivity contribution in [2.45, 2.75) is 19.0 Å². The van der Waals surface area contributed by atoms with E-state index in [2.05, 4.69) is 20.7 Å². The lowest BCUT2D eigenvalue weighted by Gasteiger charge is -2.08. The molecular formula is C5H12N2O2. The van der Waals surface area contributed by atoms with Crippen LogP contribution >= 0.6 is 0 Å². The molecule has 1 heterocycles. The smallest absolute Gasteiger partial charge is 0.0843 e. The molecule has 1 unspecified atom stereocenters. The average molecular weight is 132 g/mol. The number of hydroxylamine groups is 1. The molecular weight excluding hydrogens is 120 g/mol. The van der Waals surface area contributed by atoms with Gasteiger partial charge in [0.05, 0.1) is 13.3 Å². The summed E-state index contributed by atoms with van der Waals surface area (Å²) in [5.74, 6) is 0. The van der Waals surface area contributed by atoms with Gasteiger partial charge in [-0.3, -0.25) is 0 Å². The molecule has 4 heteroatoms. The summed E-state index contributed by atoms with van der Waals surface area (Å²) < 4.78 is 0. The monoisotopic (exact) mass is 132 g/mol. The van der Waals surface area contributed by atoms with Crippen molar-refractivity contribution in [1.82, 2.24) is 10.8 Å². The van der Waals surface area contributed by atoms with Gasteiger partial charge in [0.15, 0.2) is 0 Å². The Labute approximate surface area is 54.4 Å². The molecule has 0 radical (unpaired) electrons. The van der Waals surface area contributed by atoms with Crippen LogP contribution in [0.25, 0.3) is 0 Å². The minimum atomic E-state index is 0.268. The highest BCUT2D eigenvalue weighted by molar-refractivity contribution is 4.67. The third-order valence-electron chi connectivity index (χ3n) is 1.33. The Morgan fingerprint density at radius 3 is 3.11 bits per heavy atom. The summed E-state index contributed by atoms with van der Waals surface area (Å²) in [4.78, 5) is 8.86. The minimum absolute atomic E-state index is 0.268. The molecule has 1 fully saturated rings. The van der Waals surface area contributed by atoms with Gasteiger partial charge in [-0.2, -0.15) is 5.48 Å². The van der Waals surface area contributed by atoms with Crippen LogP contribution in [-0.4, -0.2) is 19.8 Å². The van der Waals surface area contributed by atoms with E-state index in [-0.39, 0.29) is 6.17 Å². The zero-order valence-electron chi connectivity index (χ0n) is 5.52. The standard InChI is InChI=1S/C5H12N2O2/c1-8-9-7-5-3-2-4-6-5/h5-7H,2-4H2,1H3. The van der Waals surface area contributed by atoms with Crippen molar-refractivity contribution in [1.29, 1.82) is 0 Å². The van der Waals surface area contributed by atoms with Crippen LogP contribution in [0.2, 0.25) is 0 Å². The highest BCUT2D eigenvalue weighted by Gasteiger charge is 2.12. The Kier molecular flexibility index (Phi) is 2.93. The number of hydrogen-bond acceptors (Lipinski definition) is 4. The zero-order valence-corrected chi connectivity index (χ0v) is 5.52. The molecule has 1 atom stereocenters. The largest absolute Gasteiger partial charge is 0.300 e. The molecule has 1 saturated heterocycles. The fourth-order valence-electron chi connectivity index (χ4n) is 0.891. The summed E-state index contributed by atoms with van der Waals surface area (Å²) in [6.45, 7) is 1.06. The molecule has 0 aliphatic carbocycles. The Balaban J connectivity index is 1.98. The Morgan fingerprint density at radius 1 is 1.67 bits per heavy atom. The van der Waals surface area contributed by atoms with Crippen LogP contribution < -0.4 is 10.8 Å². The number of nitrogens with one attached hydrogen (secondary N) is 2. The average Bonchev–Trinajstić information content (AvgIpc) is 2.34. The predicted molar refractivity (Wildman–Crippen MR) is 32.3 cm³/mol. The predicted octanol–water partition coefficient (Wildman–Crippen LogP) is -0.221. The molecule has 0 bridgehead atoms. The Hall–Kier alpha value is -0.160. The van der Waals surface area contributed by atoms with Gasteiger partial charge in [0, 0.05) is 0 Å². The van der Waals surface area contributed by atoms with Crippen LogP contribution in [0.3, 0.4) is 0 Å². The third kappa shape index (κ3) is 2.28. The lowest BCUT2D eigenvalue weighted by Crippen LogP contribution is -2.36. The van der Waals surface area contributed by atoms with Crippen LogP contribution in [0.15, 0.2) is 0 Å². The Morgan fingerprint density at radius 2 is 2.56 bits per heavy atom. The van der Waals surface area contributed by atoms with Gasteiger partial charge in [-0.25, -0.2) is 4.89 Å². The van der Waals surface area contributed by atoms with Crippen molar-refractivity contribution < 1.29 is 9.88 Å². The van der Waals surface area contributed by atoms with Crippen LogP contribution in [0.1, 0.15) is 12.8 Å². The van der Waals surface area contributed by atoms with Crippen molar-refractivity contribution >= 4 is 0 Å². The highest BCUT2D eigenvalue weighted by atomic mass is 17.3. The second-order valence-electron chi connectivity index (χ2n) is 2.02. The molecule has 0 aromatic carbocycles. The van der Waals surface area contributed by atoms with E-state index in [0.717, 1.165) is 13.0 Å². The second-order valence-corrected chi connectivity index (χ2v) is 2.02. The maximum atomic E-state index is 4.50. The molecule has 1 rings (SSSR count). The van der Waals surface area contributed by atoms with E-state index in [0.29, 0.717) is 0 Å². The van der Waals surface area contributed by atoms with Gasteiger partial charge in [0.2, 0.25) is 0 Å². The first-order valence-electron chi connectivity index (χ1n) is 3.12. The fourth-order valence-corrected chi connectivity index (χ4v) is 0.891. The zero-order chi connectivity index (χ0) is 6.53. The summed E-state index contributed by atoms with van der Waals surface area (Å²) >= 11 is 0. The summed E-state index contributed by atoms with van der Waals surface area (Å²) in [6, 6.07) is 0. The lowest BCUT2D eigenvalue weighted by molar-refractivity contribution is -0.324. The van der Waals surface area contributed by atoms with Crippen LogP contribution in [0, 0.1) is 0 Å². The maximum Gasteiger partial charge on any atom is 0.0843 e. The van der Waals surface area contributed by atoms with Crippen LogP contribution in [-0.2, 0) is 9.88 Å². The van der Waals surface area contributed by atoms with Crippen molar-refractivity contribution in [3.63, 3.8) is 0 Å². The third-order valence-corrected chi connectivity index (χ3v) is 1.33. The van der Waals surface area contributed by atoms with E-state index in [1.165, 1.54) is 13.5 Å². The quantitative estimate of drug-likeness (QED) is 0.411. The van der Waals surface area contributed by atoms with Gasteiger partial charge in [-0.15, -0.1) is 4.99 Å². The molecule has 1 aliphatic rings. The molecule has 0 aromatic heterocycles. The first-order valence-corrected chi connectivity index (χ1v) is 3.12. The molecule has 2 N–H and O–H groups in total. The number of hydrogen-bond donors (Lipinski definition) is 2. The van der Waals surface area contributed by atoms with E-state index in [4.69, 9.17) is 0 Å². The van der Waals surface area contributed by atoms with Crippen molar-refractivity contribution in [2.75, 3.05) is 13.7 Å². The summed E-state index contributed by atoms with van der Waals surface area (Å²) in [6.07, 6.45) is 2.57. The summed E-state index contributed by atoms with van der Waals surface area (Å²) in [5, 5.41) is 3.18. The van der Waals surface area contributed by atoms with Gasteiger partial charge >= 0.3 is 0 Å². The molecule has 0 aromatic rings. The van der Waals surface area contributed by atoms with E-state index in [9.17, 15) is 0 Å². The SMILES string of the molecule is COONC1CCCN1. The fraction of sp³-hybridized carbons (Fsp3) is 1.00. The normalized spacial score (nSPS) is 27.0. The first-order chi connectivity index (χ1) is 4.43. The minimum Gasteiger partial charge on any atom is -0.300 e. The summed E-state index contributed by atoms with van der Waals surface area (Å²) in [7, 11) is 1.47. The molecule has 0 saturated carbocycles. The second kappa shape index (κ2) is 3.79. The molecule has 0 spiro atoms. The Bertz CT molecular complexity index is 73.4. The lowest BCUT2D eigenvalue weighted by atomic mass is 10.3. The molecule has 1 aliphatic heterocycles. The van der Waals surface area contributed by atoms with E-state index in [1.54, 1.807) is 0 Å². The van der Waals surface area contributed by atoms with Crippen molar-refractivity contribution in [2.24, 2.45) is 0 Å². The maximum absolute atomic E-state index is 4.50. The molecule has 4 nitrogen and oxygen atoms in total.